The summed E-state index contributed by atoms with van der Waals surface area (Å²) < 4.78 is 0. The van der Waals surface area contributed by atoms with Crippen LogP contribution in [0.5, 0.6) is 0 Å². The number of hydrogen-bond acceptors (Lipinski definition) is 4. The molecule has 8 atom stereocenters. The summed E-state index contributed by atoms with van der Waals surface area (Å²) in [5.74, 6) is 1.25. The predicted octanol–water partition coefficient (Wildman–Crippen LogP) is 8.17. The quantitative estimate of drug-likeness (QED) is 0.260. The molecule has 0 radical (unpaired) electrons. The molecule has 1 heterocycles. The highest BCUT2D eigenvalue weighted by atomic mass is 16.4. The van der Waals surface area contributed by atoms with Gasteiger partial charge in [-0.15, -0.1) is 0 Å². The number of anilines is 2. The fourth-order valence-corrected chi connectivity index (χ4v) is 12.5. The first kappa shape index (κ1) is 29.9. The normalized spacial score (nSPS) is 40.2. The molecule has 1 aromatic carbocycles. The zero-order valence-corrected chi connectivity index (χ0v) is 28.2. The minimum atomic E-state index is -0.607. The number of carboxylic acid groups (broad SMARTS) is 1. The lowest BCUT2D eigenvalue weighted by Gasteiger charge is -2.70. The van der Waals surface area contributed by atoms with E-state index in [0.29, 0.717) is 11.8 Å². The van der Waals surface area contributed by atoms with Crippen molar-refractivity contribution in [2.24, 2.45) is 51.2 Å². The molecule has 0 aliphatic heterocycles. The number of allylic oxidation sites excluding steroid dienone is 2. The number of aromatic amines is 1. The maximum absolute atomic E-state index is 12.8. The van der Waals surface area contributed by atoms with Crippen molar-refractivity contribution in [3.8, 4) is 0 Å². The van der Waals surface area contributed by atoms with E-state index in [4.69, 9.17) is 16.6 Å². The zero-order valence-electron chi connectivity index (χ0n) is 28.2. The number of rotatable bonds is 2. The number of fused-ring (bicyclic) bond motifs is 8. The standard InChI is InChI=1S/C38H54N4O2/c1-20-9-10-21(15-27(20)39)23-16-29-36(6)19-26-31(41-42-32(26)40)35(4,5)28(36)12-14-37(29,7)38(8)13-11-22-24(30(23)38)17-34(2,3)18-25(22)33(43)44/h9-10,15,22,24-25,28-29H,11-14,16-19,39H2,1-8H3,(H,43,44)(H3,40,41,42)/t22-,24?,25+,28?,29?,36-,37+,38+/m0/s1. The Morgan fingerprint density at radius 1 is 1.00 bits per heavy atom. The Bertz CT molecular complexity index is 1580. The molecule has 0 spiro atoms. The molecule has 6 nitrogen and oxygen atoms in total. The predicted molar refractivity (Wildman–Crippen MR) is 178 cm³/mol. The van der Waals surface area contributed by atoms with Gasteiger partial charge in [0.15, 0.2) is 0 Å². The van der Waals surface area contributed by atoms with Gasteiger partial charge in [0.1, 0.15) is 5.82 Å². The highest BCUT2D eigenvalue weighted by Crippen LogP contribution is 2.76. The minimum absolute atomic E-state index is 0.0170. The van der Waals surface area contributed by atoms with E-state index in [0.717, 1.165) is 61.3 Å². The molecule has 3 saturated carbocycles. The number of nitrogen functional groups attached to an aromatic ring is 2. The summed E-state index contributed by atoms with van der Waals surface area (Å²) in [6.07, 6.45) is 8.18. The molecule has 5 aliphatic rings. The Hall–Kier alpha value is -2.76. The summed E-state index contributed by atoms with van der Waals surface area (Å²) in [4.78, 5) is 12.8. The van der Waals surface area contributed by atoms with Crippen molar-refractivity contribution in [3.63, 3.8) is 0 Å². The van der Waals surface area contributed by atoms with Crippen LogP contribution >= 0.6 is 0 Å². The fraction of sp³-hybridized carbons (Fsp3) is 0.684. The van der Waals surface area contributed by atoms with Gasteiger partial charge in [-0.05, 0) is 126 Å². The summed E-state index contributed by atoms with van der Waals surface area (Å²) in [5.41, 5.74) is 21.9. The second kappa shape index (κ2) is 9.16. The smallest absolute Gasteiger partial charge is 0.306 e. The first-order valence-electron chi connectivity index (χ1n) is 17.1. The molecule has 5 aliphatic carbocycles. The van der Waals surface area contributed by atoms with Crippen LogP contribution in [0.1, 0.15) is 116 Å². The number of aromatic nitrogens is 2. The van der Waals surface area contributed by atoms with Crippen LogP contribution in [0.15, 0.2) is 23.8 Å². The second-order valence-corrected chi connectivity index (χ2v) is 17.8. The third-order valence-electron chi connectivity index (χ3n) is 14.7. The van der Waals surface area contributed by atoms with Gasteiger partial charge in [-0.2, -0.15) is 5.10 Å². The third-order valence-corrected chi connectivity index (χ3v) is 14.7. The van der Waals surface area contributed by atoms with Crippen LogP contribution in [-0.4, -0.2) is 21.3 Å². The number of nitrogens with one attached hydrogen (secondary N) is 1. The number of aryl methyl sites for hydroxylation is 1. The summed E-state index contributed by atoms with van der Waals surface area (Å²) in [6, 6.07) is 6.69. The maximum atomic E-state index is 12.8. The summed E-state index contributed by atoms with van der Waals surface area (Å²) in [7, 11) is 0. The van der Waals surface area contributed by atoms with E-state index in [1.807, 2.05) is 0 Å². The Morgan fingerprint density at radius 2 is 1.73 bits per heavy atom. The Labute approximate surface area is 263 Å². The van der Waals surface area contributed by atoms with Crippen LogP contribution in [0.2, 0.25) is 0 Å². The molecule has 7 rings (SSSR count). The molecule has 1 aromatic heterocycles. The maximum Gasteiger partial charge on any atom is 0.306 e. The summed E-state index contributed by atoms with van der Waals surface area (Å²) >= 11 is 0. The van der Waals surface area contributed by atoms with Crippen molar-refractivity contribution >= 4 is 23.0 Å². The Balaban J connectivity index is 1.47. The highest BCUT2D eigenvalue weighted by molar-refractivity contribution is 5.76. The molecule has 2 aromatic rings. The molecule has 238 valence electrons. The molecule has 0 saturated heterocycles. The molecular formula is C38H54N4O2. The third kappa shape index (κ3) is 3.78. The van der Waals surface area contributed by atoms with Gasteiger partial charge in [0.05, 0.1) is 11.6 Å². The molecule has 3 fully saturated rings. The average Bonchev–Trinajstić information content (AvgIpc) is 3.29. The van der Waals surface area contributed by atoms with Crippen LogP contribution in [0.25, 0.3) is 5.57 Å². The van der Waals surface area contributed by atoms with E-state index in [1.54, 1.807) is 5.57 Å². The van der Waals surface area contributed by atoms with Gasteiger partial charge in [0.2, 0.25) is 0 Å². The topological polar surface area (TPSA) is 118 Å². The summed E-state index contributed by atoms with van der Waals surface area (Å²) in [5, 5.41) is 18.4. The van der Waals surface area contributed by atoms with Gasteiger partial charge in [0.25, 0.3) is 0 Å². The molecule has 44 heavy (non-hydrogen) atoms. The zero-order chi connectivity index (χ0) is 31.8. The number of carboxylic acids is 1. The number of carbonyl (C=O) groups is 1. The molecule has 3 unspecified atom stereocenters. The van der Waals surface area contributed by atoms with Crippen molar-refractivity contribution in [1.29, 1.82) is 0 Å². The average molecular weight is 599 g/mol. The van der Waals surface area contributed by atoms with Crippen molar-refractivity contribution in [3.05, 3.63) is 46.2 Å². The van der Waals surface area contributed by atoms with Crippen LogP contribution in [-0.2, 0) is 16.6 Å². The van der Waals surface area contributed by atoms with Gasteiger partial charge >= 0.3 is 5.97 Å². The van der Waals surface area contributed by atoms with Crippen LogP contribution < -0.4 is 11.5 Å². The van der Waals surface area contributed by atoms with Gasteiger partial charge in [-0.1, -0.05) is 66.2 Å². The van der Waals surface area contributed by atoms with E-state index in [-0.39, 0.29) is 44.8 Å². The minimum Gasteiger partial charge on any atom is -0.481 e. The van der Waals surface area contributed by atoms with Crippen LogP contribution in [0.3, 0.4) is 0 Å². The van der Waals surface area contributed by atoms with E-state index in [9.17, 15) is 9.90 Å². The van der Waals surface area contributed by atoms with Crippen LogP contribution in [0, 0.1) is 58.2 Å². The Morgan fingerprint density at radius 3 is 2.41 bits per heavy atom. The lowest BCUT2D eigenvalue weighted by Crippen LogP contribution is -2.64. The number of nitrogens with zero attached hydrogens (tertiary/aromatic N) is 1. The first-order chi connectivity index (χ1) is 20.4. The largest absolute Gasteiger partial charge is 0.481 e. The van der Waals surface area contributed by atoms with E-state index in [2.05, 4.69) is 78.7 Å². The van der Waals surface area contributed by atoms with Gasteiger partial charge < -0.3 is 16.6 Å². The number of H-pyrrole nitrogens is 1. The number of nitrogens with two attached hydrogens (primary N) is 2. The molecular weight excluding hydrogens is 544 g/mol. The molecule has 6 heteroatoms. The SMILES string of the molecule is Cc1ccc(C2=C3C4CC(C)(C)C[C@@H](C(=O)O)[C@H]4CC[C@@]3(C)[C@]3(C)CCC4C(C)(C)c5n[nH]c(N)c5C[C@]4(C)C3C2)cc1N. The van der Waals surface area contributed by atoms with Crippen LogP contribution in [0.4, 0.5) is 11.5 Å². The van der Waals surface area contributed by atoms with Gasteiger partial charge in [-0.25, -0.2) is 0 Å². The van der Waals surface area contributed by atoms with Crippen molar-refractivity contribution in [2.75, 3.05) is 11.5 Å². The monoisotopic (exact) mass is 598 g/mol. The van der Waals surface area contributed by atoms with Crippen molar-refractivity contribution in [2.45, 2.75) is 112 Å². The second-order valence-electron chi connectivity index (χ2n) is 17.8. The molecule has 0 amide bonds. The lowest BCUT2D eigenvalue weighted by atomic mass is 9.33. The highest BCUT2D eigenvalue weighted by Gasteiger charge is 2.68. The van der Waals surface area contributed by atoms with E-state index in [1.165, 1.54) is 29.5 Å². The van der Waals surface area contributed by atoms with Crippen molar-refractivity contribution in [1.82, 2.24) is 10.2 Å². The fourth-order valence-electron chi connectivity index (χ4n) is 12.5. The number of hydrogen-bond donors (Lipinski definition) is 4. The van der Waals surface area contributed by atoms with Gasteiger partial charge in [-0.3, -0.25) is 9.89 Å². The van der Waals surface area contributed by atoms with Crippen molar-refractivity contribution < 1.29 is 9.90 Å². The lowest BCUT2D eigenvalue weighted by molar-refractivity contribution is -0.161. The van der Waals surface area contributed by atoms with E-state index >= 15 is 0 Å². The Kier molecular flexibility index (Phi) is 6.23. The summed E-state index contributed by atoms with van der Waals surface area (Å²) in [6.45, 7) is 19.2. The van der Waals surface area contributed by atoms with Gasteiger partial charge in [0, 0.05) is 16.7 Å². The first-order valence-corrected chi connectivity index (χ1v) is 17.1. The molecule has 0 bridgehead atoms. The number of aliphatic carboxylic acids is 1. The molecule has 6 N–H and O–H groups in total. The van der Waals surface area contributed by atoms with E-state index < -0.39 is 5.97 Å². The number of benzene rings is 1.